The third-order valence-corrected chi connectivity index (χ3v) is 4.70. The minimum atomic E-state index is -0.293. The van der Waals surface area contributed by atoms with E-state index in [9.17, 15) is 9.65 Å². The SMILES string of the molecule is CCC(C)n1cnc(-c2ccc(F)cc2)c1-c1ccc2ncc(C#N)n2n1. The summed E-state index contributed by atoms with van der Waals surface area (Å²) >= 11 is 0. The molecule has 3 heterocycles. The fourth-order valence-electron chi connectivity index (χ4n) is 3.04. The van der Waals surface area contributed by atoms with Gasteiger partial charge in [0.1, 0.15) is 17.6 Å². The first-order valence-corrected chi connectivity index (χ1v) is 8.70. The molecular weight excluding hydrogens is 343 g/mol. The van der Waals surface area contributed by atoms with Gasteiger partial charge in [-0.2, -0.15) is 10.4 Å². The van der Waals surface area contributed by atoms with Crippen molar-refractivity contribution in [3.63, 3.8) is 0 Å². The van der Waals surface area contributed by atoms with Gasteiger partial charge >= 0.3 is 0 Å². The summed E-state index contributed by atoms with van der Waals surface area (Å²) in [7, 11) is 0. The number of hydrogen-bond donors (Lipinski definition) is 0. The molecule has 27 heavy (non-hydrogen) atoms. The molecule has 0 aliphatic carbocycles. The normalized spacial score (nSPS) is 12.2. The third kappa shape index (κ3) is 2.85. The summed E-state index contributed by atoms with van der Waals surface area (Å²) in [6.45, 7) is 4.21. The molecule has 0 radical (unpaired) electrons. The second-order valence-corrected chi connectivity index (χ2v) is 6.36. The molecule has 4 aromatic rings. The van der Waals surface area contributed by atoms with E-state index in [1.54, 1.807) is 18.5 Å². The lowest BCUT2D eigenvalue weighted by Gasteiger charge is -2.15. The Morgan fingerprint density at radius 1 is 1.15 bits per heavy atom. The van der Waals surface area contributed by atoms with Crippen LogP contribution in [0.2, 0.25) is 0 Å². The molecule has 0 amide bonds. The fraction of sp³-hybridized carbons (Fsp3) is 0.200. The molecule has 0 bridgehead atoms. The predicted octanol–water partition coefficient (Wildman–Crippen LogP) is 4.24. The number of halogens is 1. The van der Waals surface area contributed by atoms with Crippen LogP contribution in [0.4, 0.5) is 4.39 Å². The van der Waals surface area contributed by atoms with E-state index < -0.39 is 0 Å². The van der Waals surface area contributed by atoms with Gasteiger partial charge in [-0.3, -0.25) is 0 Å². The Morgan fingerprint density at radius 3 is 2.63 bits per heavy atom. The number of benzene rings is 1. The van der Waals surface area contributed by atoms with Crippen molar-refractivity contribution in [1.82, 2.24) is 24.1 Å². The maximum Gasteiger partial charge on any atom is 0.162 e. The Balaban J connectivity index is 1.96. The van der Waals surface area contributed by atoms with Crippen molar-refractivity contribution in [2.24, 2.45) is 0 Å². The maximum absolute atomic E-state index is 13.4. The van der Waals surface area contributed by atoms with E-state index in [2.05, 4.69) is 39.6 Å². The van der Waals surface area contributed by atoms with Gasteiger partial charge in [0, 0.05) is 11.6 Å². The molecule has 0 saturated carbocycles. The van der Waals surface area contributed by atoms with Crippen LogP contribution in [0.5, 0.6) is 0 Å². The number of fused-ring (bicyclic) bond motifs is 1. The number of aromatic nitrogens is 5. The van der Waals surface area contributed by atoms with Crippen LogP contribution in [0.15, 0.2) is 48.9 Å². The topological polar surface area (TPSA) is 71.8 Å². The lowest BCUT2D eigenvalue weighted by atomic mass is 10.1. The molecule has 4 rings (SSSR count). The van der Waals surface area contributed by atoms with Crippen molar-refractivity contribution in [3.8, 4) is 28.7 Å². The highest BCUT2D eigenvalue weighted by molar-refractivity contribution is 5.77. The van der Waals surface area contributed by atoms with Crippen LogP contribution in [0.1, 0.15) is 32.0 Å². The van der Waals surface area contributed by atoms with Gasteiger partial charge < -0.3 is 4.57 Å². The summed E-state index contributed by atoms with van der Waals surface area (Å²) < 4.78 is 16.9. The van der Waals surface area contributed by atoms with Gasteiger partial charge in [0.2, 0.25) is 0 Å². The van der Waals surface area contributed by atoms with Gasteiger partial charge in [-0.15, -0.1) is 0 Å². The van der Waals surface area contributed by atoms with Crippen LogP contribution in [-0.2, 0) is 0 Å². The van der Waals surface area contributed by atoms with E-state index in [4.69, 9.17) is 0 Å². The third-order valence-electron chi connectivity index (χ3n) is 4.70. The number of nitrogens with zero attached hydrogens (tertiary/aromatic N) is 6. The van der Waals surface area contributed by atoms with Crippen LogP contribution < -0.4 is 0 Å². The predicted molar refractivity (Wildman–Crippen MR) is 99.3 cm³/mol. The zero-order valence-electron chi connectivity index (χ0n) is 15.0. The van der Waals surface area contributed by atoms with Gasteiger partial charge in [-0.1, -0.05) is 6.92 Å². The molecular formula is C20H17FN6. The molecule has 7 heteroatoms. The minimum Gasteiger partial charge on any atom is -0.326 e. The highest BCUT2D eigenvalue weighted by Gasteiger charge is 2.20. The summed E-state index contributed by atoms with van der Waals surface area (Å²) in [6, 6.07) is 12.2. The molecule has 1 atom stereocenters. The largest absolute Gasteiger partial charge is 0.326 e. The summed E-state index contributed by atoms with van der Waals surface area (Å²) in [6.07, 6.45) is 4.20. The van der Waals surface area contributed by atoms with E-state index in [-0.39, 0.29) is 11.9 Å². The molecule has 0 spiro atoms. The summed E-state index contributed by atoms with van der Waals surface area (Å²) in [4.78, 5) is 8.77. The van der Waals surface area contributed by atoms with Crippen molar-refractivity contribution >= 4 is 5.65 Å². The number of imidazole rings is 2. The van der Waals surface area contributed by atoms with Crippen molar-refractivity contribution < 1.29 is 4.39 Å². The van der Waals surface area contributed by atoms with E-state index in [1.165, 1.54) is 22.8 Å². The molecule has 1 aromatic carbocycles. The Hall–Kier alpha value is -3.53. The van der Waals surface area contributed by atoms with Crippen LogP contribution in [-0.4, -0.2) is 24.1 Å². The van der Waals surface area contributed by atoms with Crippen molar-refractivity contribution in [2.75, 3.05) is 0 Å². The second-order valence-electron chi connectivity index (χ2n) is 6.36. The van der Waals surface area contributed by atoms with E-state index in [1.807, 2.05) is 12.1 Å². The van der Waals surface area contributed by atoms with E-state index in [0.717, 1.165) is 23.4 Å². The van der Waals surface area contributed by atoms with Gasteiger partial charge in [0.15, 0.2) is 11.3 Å². The van der Waals surface area contributed by atoms with E-state index in [0.29, 0.717) is 17.0 Å². The Kier molecular flexibility index (Phi) is 4.16. The Labute approximate surface area is 155 Å². The Bertz CT molecular complexity index is 1150. The standard InChI is InChI=1S/C20H17FN6/c1-3-13(2)26-12-24-19(14-4-6-15(21)7-5-14)20(26)17-8-9-18-23-11-16(10-22)27(18)25-17/h4-9,11-13H,3H2,1-2H3. The summed E-state index contributed by atoms with van der Waals surface area (Å²) in [5.74, 6) is -0.293. The van der Waals surface area contributed by atoms with Gasteiger partial charge in [-0.25, -0.2) is 18.9 Å². The lowest BCUT2D eigenvalue weighted by Crippen LogP contribution is -2.07. The van der Waals surface area contributed by atoms with Gasteiger partial charge in [0.05, 0.1) is 23.9 Å². The van der Waals surface area contributed by atoms with Crippen LogP contribution in [0, 0.1) is 17.1 Å². The molecule has 134 valence electrons. The average Bonchev–Trinajstić information content (AvgIpc) is 3.31. The van der Waals surface area contributed by atoms with Crippen LogP contribution >= 0.6 is 0 Å². The van der Waals surface area contributed by atoms with Gasteiger partial charge in [0.25, 0.3) is 0 Å². The first-order valence-electron chi connectivity index (χ1n) is 8.70. The molecule has 1 unspecified atom stereocenters. The van der Waals surface area contributed by atoms with Crippen LogP contribution in [0.25, 0.3) is 28.3 Å². The Morgan fingerprint density at radius 2 is 1.93 bits per heavy atom. The first-order chi connectivity index (χ1) is 13.1. The molecule has 0 N–H and O–H groups in total. The molecule has 0 aliphatic rings. The second kappa shape index (κ2) is 6.65. The minimum absolute atomic E-state index is 0.206. The van der Waals surface area contributed by atoms with E-state index >= 15 is 0 Å². The highest BCUT2D eigenvalue weighted by atomic mass is 19.1. The molecule has 0 fully saturated rings. The van der Waals surface area contributed by atoms with Crippen molar-refractivity contribution in [2.45, 2.75) is 26.3 Å². The number of nitriles is 1. The molecule has 0 saturated heterocycles. The fourth-order valence-corrected chi connectivity index (χ4v) is 3.04. The monoisotopic (exact) mass is 360 g/mol. The van der Waals surface area contributed by atoms with Crippen LogP contribution in [0.3, 0.4) is 0 Å². The smallest absolute Gasteiger partial charge is 0.162 e. The molecule has 0 aliphatic heterocycles. The number of rotatable bonds is 4. The quantitative estimate of drug-likeness (QED) is 0.546. The molecule has 6 nitrogen and oxygen atoms in total. The summed E-state index contributed by atoms with van der Waals surface area (Å²) in [5, 5.41) is 13.9. The number of hydrogen-bond acceptors (Lipinski definition) is 4. The zero-order chi connectivity index (χ0) is 19.0. The van der Waals surface area contributed by atoms with Crippen molar-refractivity contribution in [1.29, 1.82) is 5.26 Å². The first kappa shape index (κ1) is 16.9. The van der Waals surface area contributed by atoms with Crippen molar-refractivity contribution in [3.05, 3.63) is 60.4 Å². The molecule has 3 aromatic heterocycles. The lowest BCUT2D eigenvalue weighted by molar-refractivity contribution is 0.534. The maximum atomic E-state index is 13.4. The average molecular weight is 360 g/mol. The highest BCUT2D eigenvalue weighted by Crippen LogP contribution is 2.33. The summed E-state index contributed by atoms with van der Waals surface area (Å²) in [5.41, 5.74) is 4.00. The van der Waals surface area contributed by atoms with Gasteiger partial charge in [-0.05, 0) is 49.7 Å². The zero-order valence-corrected chi connectivity index (χ0v) is 15.0.